The van der Waals surface area contributed by atoms with Gasteiger partial charge in [0.2, 0.25) is 5.91 Å². The predicted molar refractivity (Wildman–Crippen MR) is 109 cm³/mol. The Labute approximate surface area is 164 Å². The van der Waals surface area contributed by atoms with Gasteiger partial charge in [-0.2, -0.15) is 5.10 Å². The highest BCUT2D eigenvalue weighted by atomic mass is 16.5. The second kappa shape index (κ2) is 8.00. The van der Waals surface area contributed by atoms with Crippen molar-refractivity contribution in [2.45, 2.75) is 58.1 Å². The molecule has 6 heteroatoms. The first kappa shape index (κ1) is 18.5. The Morgan fingerprint density at radius 1 is 1.29 bits per heavy atom. The number of para-hydroxylation sites is 1. The Balaban J connectivity index is 1.64. The molecule has 1 fully saturated rings. The quantitative estimate of drug-likeness (QED) is 0.674. The lowest BCUT2D eigenvalue weighted by Crippen LogP contribution is -2.12. The van der Waals surface area contributed by atoms with Gasteiger partial charge in [-0.3, -0.25) is 9.48 Å². The number of amides is 1. The summed E-state index contributed by atoms with van der Waals surface area (Å²) in [6.45, 7) is 2.72. The molecule has 2 heterocycles. The number of aryl methyl sites for hydroxylation is 2. The Morgan fingerprint density at radius 3 is 2.86 bits per heavy atom. The lowest BCUT2D eigenvalue weighted by Gasteiger charge is -2.16. The van der Waals surface area contributed by atoms with Crippen LogP contribution in [0.1, 0.15) is 44.1 Å². The van der Waals surface area contributed by atoms with Crippen molar-refractivity contribution in [1.29, 1.82) is 0 Å². The fraction of sp³-hybridized carbons (Fsp3) is 0.409. The predicted octanol–water partition coefficient (Wildman–Crippen LogP) is 3.99. The number of rotatable bonds is 7. The monoisotopic (exact) mass is 378 g/mol. The number of carbonyl (C=O) groups excluding carboxylic acids is 1. The number of primary amides is 1. The lowest BCUT2D eigenvalue weighted by atomic mass is 10.1. The molecule has 0 radical (unpaired) electrons. The van der Waals surface area contributed by atoms with Crippen molar-refractivity contribution in [3.05, 3.63) is 42.1 Å². The summed E-state index contributed by atoms with van der Waals surface area (Å²) in [5.74, 6) is 0.613. The number of aromatic nitrogens is 3. The summed E-state index contributed by atoms with van der Waals surface area (Å²) in [6, 6.07) is 10.2. The van der Waals surface area contributed by atoms with Gasteiger partial charge < -0.3 is 10.5 Å². The Kier molecular flexibility index (Phi) is 5.28. The molecule has 3 aromatic rings. The van der Waals surface area contributed by atoms with Crippen molar-refractivity contribution >= 4 is 16.9 Å². The van der Waals surface area contributed by atoms with Crippen LogP contribution in [0, 0.1) is 6.92 Å². The molecule has 0 bridgehead atoms. The van der Waals surface area contributed by atoms with Crippen LogP contribution in [0.3, 0.4) is 0 Å². The SMILES string of the molecule is Cc1cc(-c2ccccc2OC2CCCC2)nc2cnn(CCCC(N)=O)c12. The van der Waals surface area contributed by atoms with E-state index in [4.69, 9.17) is 15.5 Å². The maximum absolute atomic E-state index is 11.0. The molecular formula is C22H26N4O2. The molecule has 28 heavy (non-hydrogen) atoms. The van der Waals surface area contributed by atoms with Crippen molar-refractivity contribution in [2.75, 3.05) is 0 Å². The average Bonchev–Trinajstić information content (AvgIpc) is 3.32. The minimum atomic E-state index is -0.285. The first-order chi connectivity index (χ1) is 13.6. The van der Waals surface area contributed by atoms with Crippen LogP contribution in [0.5, 0.6) is 5.75 Å². The van der Waals surface area contributed by atoms with Gasteiger partial charge in [0.05, 0.1) is 23.5 Å². The Morgan fingerprint density at radius 2 is 2.07 bits per heavy atom. The van der Waals surface area contributed by atoms with Crippen LogP contribution in [-0.4, -0.2) is 26.8 Å². The third kappa shape index (κ3) is 3.86. The van der Waals surface area contributed by atoms with Gasteiger partial charge in [0.1, 0.15) is 11.3 Å². The van der Waals surface area contributed by atoms with Gasteiger partial charge in [-0.05, 0) is 62.8 Å². The van der Waals surface area contributed by atoms with Gasteiger partial charge in [-0.15, -0.1) is 0 Å². The van der Waals surface area contributed by atoms with E-state index in [1.807, 2.05) is 22.9 Å². The molecule has 2 N–H and O–H groups in total. The summed E-state index contributed by atoms with van der Waals surface area (Å²) >= 11 is 0. The summed E-state index contributed by atoms with van der Waals surface area (Å²) in [5, 5.41) is 4.46. The van der Waals surface area contributed by atoms with E-state index in [1.165, 1.54) is 12.8 Å². The Hall–Kier alpha value is -2.89. The van der Waals surface area contributed by atoms with Crippen LogP contribution in [-0.2, 0) is 11.3 Å². The van der Waals surface area contributed by atoms with Gasteiger partial charge in [0.15, 0.2) is 0 Å². The van der Waals surface area contributed by atoms with Crippen molar-refractivity contribution in [3.63, 3.8) is 0 Å². The number of fused-ring (bicyclic) bond motifs is 1. The largest absolute Gasteiger partial charge is 0.490 e. The molecule has 0 atom stereocenters. The minimum absolute atomic E-state index is 0.285. The number of carbonyl (C=O) groups is 1. The Bertz CT molecular complexity index is 989. The van der Waals surface area contributed by atoms with Gasteiger partial charge in [-0.25, -0.2) is 4.98 Å². The molecule has 0 unspecified atom stereocenters. The van der Waals surface area contributed by atoms with E-state index in [2.05, 4.69) is 24.2 Å². The van der Waals surface area contributed by atoms with E-state index in [1.54, 1.807) is 6.20 Å². The highest BCUT2D eigenvalue weighted by molar-refractivity contribution is 5.82. The molecule has 1 amide bonds. The zero-order valence-corrected chi connectivity index (χ0v) is 16.2. The first-order valence-corrected chi connectivity index (χ1v) is 9.99. The standard InChI is InChI=1S/C22H26N4O2/c1-15-13-18(17-9-4-5-10-20(17)28-16-7-2-3-8-16)25-19-14-24-26(22(15)19)12-6-11-21(23)27/h4-5,9-10,13-14,16H,2-3,6-8,11-12H2,1H3,(H2,23,27). The zero-order valence-electron chi connectivity index (χ0n) is 16.2. The second-order valence-electron chi connectivity index (χ2n) is 7.52. The van der Waals surface area contributed by atoms with Gasteiger partial charge in [0.25, 0.3) is 0 Å². The van der Waals surface area contributed by atoms with E-state index in [0.717, 1.165) is 46.4 Å². The van der Waals surface area contributed by atoms with Gasteiger partial charge in [0, 0.05) is 18.5 Å². The van der Waals surface area contributed by atoms with Crippen LogP contribution in [0.4, 0.5) is 0 Å². The van der Waals surface area contributed by atoms with Gasteiger partial charge >= 0.3 is 0 Å². The van der Waals surface area contributed by atoms with Crippen molar-refractivity contribution in [1.82, 2.24) is 14.8 Å². The topological polar surface area (TPSA) is 83.0 Å². The first-order valence-electron chi connectivity index (χ1n) is 9.99. The molecule has 146 valence electrons. The van der Waals surface area contributed by atoms with E-state index in [-0.39, 0.29) is 5.91 Å². The summed E-state index contributed by atoms with van der Waals surface area (Å²) in [7, 11) is 0. The van der Waals surface area contributed by atoms with Crippen molar-refractivity contribution < 1.29 is 9.53 Å². The summed E-state index contributed by atoms with van der Waals surface area (Å²) < 4.78 is 8.20. The number of nitrogens with two attached hydrogens (primary N) is 1. The maximum Gasteiger partial charge on any atom is 0.217 e. The molecule has 1 aliphatic rings. The normalized spacial score (nSPS) is 14.6. The molecule has 0 saturated heterocycles. The van der Waals surface area contributed by atoms with E-state index in [9.17, 15) is 4.79 Å². The van der Waals surface area contributed by atoms with Crippen molar-refractivity contribution in [3.8, 4) is 17.0 Å². The third-order valence-electron chi connectivity index (χ3n) is 5.34. The average molecular weight is 378 g/mol. The van der Waals surface area contributed by atoms with Crippen LogP contribution in [0.15, 0.2) is 36.5 Å². The number of hydrogen-bond acceptors (Lipinski definition) is 4. The third-order valence-corrected chi connectivity index (χ3v) is 5.34. The molecule has 1 saturated carbocycles. The molecule has 6 nitrogen and oxygen atoms in total. The van der Waals surface area contributed by atoms with Crippen LogP contribution in [0.25, 0.3) is 22.3 Å². The molecular weight excluding hydrogens is 352 g/mol. The number of hydrogen-bond donors (Lipinski definition) is 1. The van der Waals surface area contributed by atoms with Crippen molar-refractivity contribution in [2.24, 2.45) is 5.73 Å². The fourth-order valence-electron chi connectivity index (χ4n) is 3.98. The second-order valence-corrected chi connectivity index (χ2v) is 7.52. The number of nitrogens with zero attached hydrogens (tertiary/aromatic N) is 3. The maximum atomic E-state index is 11.0. The molecule has 1 aromatic carbocycles. The fourth-order valence-corrected chi connectivity index (χ4v) is 3.98. The molecule has 0 aliphatic heterocycles. The van der Waals surface area contributed by atoms with Crippen LogP contribution >= 0.6 is 0 Å². The number of pyridine rings is 1. The minimum Gasteiger partial charge on any atom is -0.490 e. The van der Waals surface area contributed by atoms with E-state index in [0.29, 0.717) is 25.5 Å². The van der Waals surface area contributed by atoms with E-state index < -0.39 is 0 Å². The zero-order chi connectivity index (χ0) is 19.5. The summed E-state index contributed by atoms with van der Waals surface area (Å²) in [6.07, 6.45) is 7.85. The summed E-state index contributed by atoms with van der Waals surface area (Å²) in [5.41, 5.74) is 10.1. The molecule has 2 aromatic heterocycles. The molecule has 4 rings (SSSR count). The van der Waals surface area contributed by atoms with Crippen LogP contribution < -0.4 is 10.5 Å². The highest BCUT2D eigenvalue weighted by Gasteiger charge is 2.19. The smallest absolute Gasteiger partial charge is 0.217 e. The molecule has 0 spiro atoms. The number of benzene rings is 1. The van der Waals surface area contributed by atoms with Gasteiger partial charge in [-0.1, -0.05) is 12.1 Å². The lowest BCUT2D eigenvalue weighted by molar-refractivity contribution is -0.118. The summed E-state index contributed by atoms with van der Waals surface area (Å²) in [4.78, 5) is 15.8. The highest BCUT2D eigenvalue weighted by Crippen LogP contribution is 2.34. The number of ether oxygens (including phenoxy) is 1. The van der Waals surface area contributed by atoms with Crippen LogP contribution in [0.2, 0.25) is 0 Å². The molecule has 1 aliphatic carbocycles. The van der Waals surface area contributed by atoms with E-state index >= 15 is 0 Å².